The molecular formula is C13H23NO4. The van der Waals surface area contributed by atoms with Gasteiger partial charge < -0.3 is 9.47 Å². The molecule has 0 saturated carbocycles. The average molecular weight is 257 g/mol. The van der Waals surface area contributed by atoms with Crippen molar-refractivity contribution in [3.63, 3.8) is 0 Å². The molecule has 0 spiro atoms. The summed E-state index contributed by atoms with van der Waals surface area (Å²) in [4.78, 5) is 25.1. The van der Waals surface area contributed by atoms with Crippen molar-refractivity contribution in [3.05, 3.63) is 0 Å². The fourth-order valence-electron chi connectivity index (χ4n) is 2.31. The molecular weight excluding hydrogens is 234 g/mol. The van der Waals surface area contributed by atoms with Crippen molar-refractivity contribution in [3.8, 4) is 0 Å². The molecule has 1 unspecified atom stereocenters. The lowest BCUT2D eigenvalue weighted by Crippen LogP contribution is -2.44. The Morgan fingerprint density at radius 1 is 1.44 bits per heavy atom. The lowest BCUT2D eigenvalue weighted by molar-refractivity contribution is -0.150. The molecule has 0 amide bonds. The van der Waals surface area contributed by atoms with E-state index in [1.54, 1.807) is 0 Å². The van der Waals surface area contributed by atoms with Crippen LogP contribution in [0.5, 0.6) is 0 Å². The van der Waals surface area contributed by atoms with Crippen molar-refractivity contribution in [2.24, 2.45) is 5.92 Å². The smallest absolute Gasteiger partial charge is 0.310 e. The Bertz CT molecular complexity index is 293. The summed E-state index contributed by atoms with van der Waals surface area (Å²) in [5.74, 6) is -0.382. The van der Waals surface area contributed by atoms with Gasteiger partial charge in [0.15, 0.2) is 0 Å². The number of piperidine rings is 1. The van der Waals surface area contributed by atoms with Gasteiger partial charge >= 0.3 is 11.9 Å². The molecule has 0 aromatic rings. The molecule has 5 nitrogen and oxygen atoms in total. The fourth-order valence-corrected chi connectivity index (χ4v) is 2.31. The third-order valence-electron chi connectivity index (χ3n) is 3.39. The molecule has 1 saturated heterocycles. The minimum atomic E-state index is -0.208. The van der Waals surface area contributed by atoms with Gasteiger partial charge in [0.05, 0.1) is 26.1 Å². The van der Waals surface area contributed by atoms with E-state index in [2.05, 4.69) is 9.64 Å². The maximum atomic E-state index is 11.7. The second-order valence-electron chi connectivity index (χ2n) is 4.72. The van der Waals surface area contributed by atoms with Crippen molar-refractivity contribution < 1.29 is 19.1 Å². The molecule has 1 aliphatic rings. The van der Waals surface area contributed by atoms with Crippen LogP contribution in [0.3, 0.4) is 0 Å². The van der Waals surface area contributed by atoms with Crippen LogP contribution >= 0.6 is 0 Å². The molecule has 0 N–H and O–H groups in total. The van der Waals surface area contributed by atoms with Crippen molar-refractivity contribution in [1.29, 1.82) is 0 Å². The SMILES string of the molecule is CCOC(=O)[C@H]1CCCN(C(C)CC(=O)OC)C1. The first kappa shape index (κ1) is 15.0. The number of rotatable bonds is 5. The van der Waals surface area contributed by atoms with Crippen LogP contribution in [0.2, 0.25) is 0 Å². The molecule has 0 aromatic carbocycles. The van der Waals surface area contributed by atoms with Crippen LogP contribution in [0.1, 0.15) is 33.1 Å². The largest absolute Gasteiger partial charge is 0.469 e. The number of nitrogens with zero attached hydrogens (tertiary/aromatic N) is 1. The van der Waals surface area contributed by atoms with E-state index >= 15 is 0 Å². The molecule has 5 heteroatoms. The third kappa shape index (κ3) is 4.29. The summed E-state index contributed by atoms with van der Waals surface area (Å²) in [6.45, 7) is 5.83. The van der Waals surface area contributed by atoms with E-state index in [1.807, 2.05) is 13.8 Å². The van der Waals surface area contributed by atoms with Crippen LogP contribution in [0, 0.1) is 5.92 Å². The number of carbonyl (C=O) groups excluding carboxylic acids is 2. The van der Waals surface area contributed by atoms with E-state index in [-0.39, 0.29) is 23.9 Å². The summed E-state index contributed by atoms with van der Waals surface area (Å²) in [6.07, 6.45) is 2.21. The summed E-state index contributed by atoms with van der Waals surface area (Å²) in [7, 11) is 1.40. The first-order valence-electron chi connectivity index (χ1n) is 6.56. The number of likely N-dealkylation sites (tertiary alicyclic amines) is 1. The molecule has 1 aliphatic heterocycles. The highest BCUT2D eigenvalue weighted by atomic mass is 16.5. The summed E-state index contributed by atoms with van der Waals surface area (Å²) in [6, 6.07) is 0.106. The van der Waals surface area contributed by atoms with E-state index in [0.29, 0.717) is 19.6 Å². The predicted molar refractivity (Wildman–Crippen MR) is 67.0 cm³/mol. The Morgan fingerprint density at radius 3 is 2.78 bits per heavy atom. The molecule has 0 aliphatic carbocycles. The maximum Gasteiger partial charge on any atom is 0.310 e. The summed E-state index contributed by atoms with van der Waals surface area (Å²) >= 11 is 0. The lowest BCUT2D eigenvalue weighted by Gasteiger charge is -2.35. The van der Waals surface area contributed by atoms with Gasteiger partial charge in [-0.05, 0) is 33.2 Å². The molecule has 1 heterocycles. The first-order valence-corrected chi connectivity index (χ1v) is 6.56. The Kier molecular flexibility index (Phi) is 6.12. The monoisotopic (exact) mass is 257 g/mol. The van der Waals surface area contributed by atoms with Crippen molar-refractivity contribution in [1.82, 2.24) is 4.90 Å². The zero-order chi connectivity index (χ0) is 13.5. The first-order chi connectivity index (χ1) is 8.58. The Hall–Kier alpha value is -1.10. The second-order valence-corrected chi connectivity index (χ2v) is 4.72. The number of methoxy groups -OCH3 is 1. The summed E-state index contributed by atoms with van der Waals surface area (Å²) in [5.41, 5.74) is 0. The standard InChI is InChI=1S/C13H23NO4/c1-4-18-13(16)11-6-5-7-14(9-11)10(2)8-12(15)17-3/h10-11H,4-9H2,1-3H3/t10?,11-/m0/s1. The van der Waals surface area contributed by atoms with Gasteiger partial charge in [0.1, 0.15) is 0 Å². The van der Waals surface area contributed by atoms with E-state index in [1.165, 1.54) is 7.11 Å². The van der Waals surface area contributed by atoms with E-state index < -0.39 is 0 Å². The highest BCUT2D eigenvalue weighted by molar-refractivity contribution is 5.73. The summed E-state index contributed by atoms with van der Waals surface area (Å²) < 4.78 is 9.72. The van der Waals surface area contributed by atoms with Crippen LogP contribution in [0.15, 0.2) is 0 Å². The van der Waals surface area contributed by atoms with Crippen LogP contribution in [-0.2, 0) is 19.1 Å². The summed E-state index contributed by atoms with van der Waals surface area (Å²) in [5, 5.41) is 0. The van der Waals surface area contributed by atoms with Gasteiger partial charge in [-0.1, -0.05) is 0 Å². The zero-order valence-electron chi connectivity index (χ0n) is 11.5. The van der Waals surface area contributed by atoms with Gasteiger partial charge in [-0.3, -0.25) is 14.5 Å². The highest BCUT2D eigenvalue weighted by Gasteiger charge is 2.29. The van der Waals surface area contributed by atoms with Gasteiger partial charge in [0.25, 0.3) is 0 Å². The van der Waals surface area contributed by atoms with E-state index in [4.69, 9.17) is 4.74 Å². The van der Waals surface area contributed by atoms with Gasteiger partial charge in [-0.15, -0.1) is 0 Å². The lowest BCUT2D eigenvalue weighted by atomic mass is 9.96. The predicted octanol–water partition coefficient (Wildman–Crippen LogP) is 1.21. The fraction of sp³-hybridized carbons (Fsp3) is 0.846. The number of esters is 2. The minimum Gasteiger partial charge on any atom is -0.469 e. The van der Waals surface area contributed by atoms with Gasteiger partial charge in [0.2, 0.25) is 0 Å². The molecule has 0 aromatic heterocycles. The van der Waals surface area contributed by atoms with Gasteiger partial charge in [-0.2, -0.15) is 0 Å². The molecule has 18 heavy (non-hydrogen) atoms. The Morgan fingerprint density at radius 2 is 2.17 bits per heavy atom. The molecule has 0 radical (unpaired) electrons. The molecule has 2 atom stereocenters. The number of carbonyl (C=O) groups is 2. The minimum absolute atomic E-state index is 0.0567. The quantitative estimate of drug-likeness (QED) is 0.693. The van der Waals surface area contributed by atoms with Crippen LogP contribution < -0.4 is 0 Å². The van der Waals surface area contributed by atoms with Crippen LogP contribution in [0.4, 0.5) is 0 Å². The molecule has 1 rings (SSSR count). The van der Waals surface area contributed by atoms with Crippen molar-refractivity contribution in [2.75, 3.05) is 26.8 Å². The van der Waals surface area contributed by atoms with Crippen molar-refractivity contribution in [2.45, 2.75) is 39.2 Å². The number of hydrogen-bond acceptors (Lipinski definition) is 5. The number of hydrogen-bond donors (Lipinski definition) is 0. The maximum absolute atomic E-state index is 11.7. The van der Waals surface area contributed by atoms with Crippen molar-refractivity contribution >= 4 is 11.9 Å². The van der Waals surface area contributed by atoms with E-state index in [9.17, 15) is 9.59 Å². The molecule has 1 fully saturated rings. The second kappa shape index (κ2) is 7.36. The highest BCUT2D eigenvalue weighted by Crippen LogP contribution is 2.20. The topological polar surface area (TPSA) is 55.8 Å². The van der Waals surface area contributed by atoms with Gasteiger partial charge in [0, 0.05) is 12.6 Å². The Labute approximate surface area is 108 Å². The Balaban J connectivity index is 2.47. The van der Waals surface area contributed by atoms with Crippen LogP contribution in [0.25, 0.3) is 0 Å². The normalized spacial score (nSPS) is 22.3. The van der Waals surface area contributed by atoms with E-state index in [0.717, 1.165) is 19.4 Å². The molecule has 104 valence electrons. The van der Waals surface area contributed by atoms with Gasteiger partial charge in [-0.25, -0.2) is 0 Å². The number of ether oxygens (including phenoxy) is 2. The zero-order valence-corrected chi connectivity index (χ0v) is 11.5. The average Bonchev–Trinajstić information content (AvgIpc) is 2.39. The third-order valence-corrected chi connectivity index (χ3v) is 3.39. The van der Waals surface area contributed by atoms with Crippen LogP contribution in [-0.4, -0.2) is 49.7 Å². The molecule has 0 bridgehead atoms.